The summed E-state index contributed by atoms with van der Waals surface area (Å²) < 4.78 is 0. The standard InChI is InChI=1S/C11H18ClN3/c12-10-7-11(14-8-10)9-13-3-6-15-4-1-2-5-15/h7-8,13-14H,1-6,9H2. The van der Waals surface area contributed by atoms with E-state index in [9.17, 15) is 0 Å². The number of halogens is 1. The summed E-state index contributed by atoms with van der Waals surface area (Å²) in [6, 6.07) is 1.96. The van der Waals surface area contributed by atoms with Gasteiger partial charge >= 0.3 is 0 Å². The first-order chi connectivity index (χ1) is 7.34. The van der Waals surface area contributed by atoms with Gasteiger partial charge in [-0.3, -0.25) is 0 Å². The Kier molecular flexibility index (Phi) is 4.06. The predicted molar refractivity (Wildman–Crippen MR) is 63.2 cm³/mol. The normalized spacial score (nSPS) is 17.4. The lowest BCUT2D eigenvalue weighted by Crippen LogP contribution is -2.29. The lowest BCUT2D eigenvalue weighted by molar-refractivity contribution is 0.335. The van der Waals surface area contributed by atoms with Crippen molar-refractivity contribution in [3.05, 3.63) is 23.0 Å². The molecule has 1 saturated heterocycles. The molecule has 0 radical (unpaired) electrons. The second-order valence-electron chi connectivity index (χ2n) is 4.07. The molecule has 4 heteroatoms. The van der Waals surface area contributed by atoms with Crippen molar-refractivity contribution in [1.82, 2.24) is 15.2 Å². The van der Waals surface area contributed by atoms with Gasteiger partial charge in [0.2, 0.25) is 0 Å². The summed E-state index contributed by atoms with van der Waals surface area (Å²) in [5, 5.41) is 4.19. The van der Waals surface area contributed by atoms with Gasteiger partial charge in [-0.1, -0.05) is 11.6 Å². The molecule has 1 aromatic heterocycles. The van der Waals surface area contributed by atoms with Crippen LogP contribution in [0.2, 0.25) is 5.02 Å². The van der Waals surface area contributed by atoms with Gasteiger partial charge in [0, 0.05) is 31.5 Å². The second-order valence-corrected chi connectivity index (χ2v) is 4.51. The lowest BCUT2D eigenvalue weighted by atomic mass is 10.4. The molecule has 1 aliphatic rings. The summed E-state index contributed by atoms with van der Waals surface area (Å²) in [5.74, 6) is 0. The maximum Gasteiger partial charge on any atom is 0.0583 e. The average molecular weight is 228 g/mol. The van der Waals surface area contributed by atoms with Crippen LogP contribution in [0.25, 0.3) is 0 Å². The molecule has 2 heterocycles. The number of nitrogens with zero attached hydrogens (tertiary/aromatic N) is 1. The Labute approximate surface area is 95.8 Å². The molecule has 0 aliphatic carbocycles. The Bertz CT molecular complexity index is 292. The first kappa shape index (κ1) is 11.0. The fraction of sp³-hybridized carbons (Fsp3) is 0.636. The Hall–Kier alpha value is -0.510. The van der Waals surface area contributed by atoms with Crippen molar-refractivity contribution < 1.29 is 0 Å². The Morgan fingerprint density at radius 1 is 1.40 bits per heavy atom. The third-order valence-electron chi connectivity index (χ3n) is 2.83. The van der Waals surface area contributed by atoms with Crippen molar-refractivity contribution in [3.63, 3.8) is 0 Å². The minimum absolute atomic E-state index is 0.784. The third-order valence-corrected chi connectivity index (χ3v) is 3.04. The van der Waals surface area contributed by atoms with Gasteiger partial charge in [-0.15, -0.1) is 0 Å². The SMILES string of the molecule is Clc1c[nH]c(CNCCN2CCCC2)c1. The zero-order chi connectivity index (χ0) is 10.5. The molecule has 3 nitrogen and oxygen atoms in total. The summed E-state index contributed by atoms with van der Waals surface area (Å²) in [6.07, 6.45) is 4.55. The van der Waals surface area contributed by atoms with Crippen LogP contribution in [0.3, 0.4) is 0 Å². The van der Waals surface area contributed by atoms with Crippen molar-refractivity contribution in [1.29, 1.82) is 0 Å². The van der Waals surface area contributed by atoms with E-state index in [0.29, 0.717) is 0 Å². The molecule has 0 saturated carbocycles. The molecule has 2 rings (SSSR count). The van der Waals surface area contributed by atoms with Crippen LogP contribution in [-0.2, 0) is 6.54 Å². The molecule has 1 aliphatic heterocycles. The third kappa shape index (κ3) is 3.52. The van der Waals surface area contributed by atoms with E-state index in [2.05, 4.69) is 15.2 Å². The van der Waals surface area contributed by atoms with Gasteiger partial charge < -0.3 is 15.2 Å². The van der Waals surface area contributed by atoms with Crippen molar-refractivity contribution in [3.8, 4) is 0 Å². The average Bonchev–Trinajstić information content (AvgIpc) is 2.84. The number of aromatic amines is 1. The van der Waals surface area contributed by atoms with Crippen LogP contribution in [0.1, 0.15) is 18.5 Å². The van der Waals surface area contributed by atoms with E-state index in [1.54, 1.807) is 0 Å². The van der Waals surface area contributed by atoms with Gasteiger partial charge in [0.1, 0.15) is 0 Å². The summed E-state index contributed by atoms with van der Waals surface area (Å²) >= 11 is 5.81. The Balaban J connectivity index is 1.58. The summed E-state index contributed by atoms with van der Waals surface area (Å²) in [7, 11) is 0. The molecule has 0 unspecified atom stereocenters. The van der Waals surface area contributed by atoms with E-state index in [1.165, 1.54) is 25.9 Å². The highest BCUT2D eigenvalue weighted by Gasteiger charge is 2.09. The summed E-state index contributed by atoms with van der Waals surface area (Å²) in [5.41, 5.74) is 1.15. The number of hydrogen-bond acceptors (Lipinski definition) is 2. The largest absolute Gasteiger partial charge is 0.363 e. The van der Waals surface area contributed by atoms with Crippen LogP contribution in [0, 0.1) is 0 Å². The van der Waals surface area contributed by atoms with Gasteiger partial charge in [0.15, 0.2) is 0 Å². The first-order valence-electron chi connectivity index (χ1n) is 5.60. The smallest absolute Gasteiger partial charge is 0.0583 e. The summed E-state index contributed by atoms with van der Waals surface area (Å²) in [6.45, 7) is 5.64. The molecule has 0 atom stereocenters. The molecular formula is C11H18ClN3. The van der Waals surface area contributed by atoms with Crippen LogP contribution in [0.5, 0.6) is 0 Å². The van der Waals surface area contributed by atoms with E-state index in [4.69, 9.17) is 11.6 Å². The van der Waals surface area contributed by atoms with E-state index in [-0.39, 0.29) is 0 Å². The molecule has 2 N–H and O–H groups in total. The Morgan fingerprint density at radius 2 is 2.20 bits per heavy atom. The first-order valence-corrected chi connectivity index (χ1v) is 5.98. The zero-order valence-corrected chi connectivity index (χ0v) is 9.69. The fourth-order valence-corrected chi connectivity index (χ4v) is 2.17. The van der Waals surface area contributed by atoms with Crippen LogP contribution in [0.15, 0.2) is 12.3 Å². The van der Waals surface area contributed by atoms with Crippen LogP contribution < -0.4 is 5.32 Å². The van der Waals surface area contributed by atoms with Gasteiger partial charge in [0.05, 0.1) is 5.02 Å². The van der Waals surface area contributed by atoms with E-state index < -0.39 is 0 Å². The highest BCUT2D eigenvalue weighted by atomic mass is 35.5. The molecule has 0 bridgehead atoms. The lowest BCUT2D eigenvalue weighted by Gasteiger charge is -2.14. The van der Waals surface area contributed by atoms with Crippen molar-refractivity contribution in [2.24, 2.45) is 0 Å². The molecule has 1 fully saturated rings. The quantitative estimate of drug-likeness (QED) is 0.753. The van der Waals surface area contributed by atoms with Crippen LogP contribution in [-0.4, -0.2) is 36.1 Å². The number of nitrogens with one attached hydrogen (secondary N) is 2. The van der Waals surface area contributed by atoms with Crippen LogP contribution in [0.4, 0.5) is 0 Å². The maximum atomic E-state index is 5.81. The molecular weight excluding hydrogens is 210 g/mol. The maximum absolute atomic E-state index is 5.81. The minimum Gasteiger partial charge on any atom is -0.363 e. The topological polar surface area (TPSA) is 31.1 Å². The second kappa shape index (κ2) is 5.54. The van der Waals surface area contributed by atoms with Crippen LogP contribution >= 0.6 is 11.6 Å². The number of hydrogen-bond donors (Lipinski definition) is 2. The number of rotatable bonds is 5. The molecule has 15 heavy (non-hydrogen) atoms. The van der Waals surface area contributed by atoms with Crippen molar-refractivity contribution in [2.45, 2.75) is 19.4 Å². The predicted octanol–water partition coefficient (Wildman–Crippen LogP) is 1.85. The van der Waals surface area contributed by atoms with E-state index in [0.717, 1.165) is 30.4 Å². The monoisotopic (exact) mass is 227 g/mol. The summed E-state index contributed by atoms with van der Waals surface area (Å²) in [4.78, 5) is 5.63. The number of likely N-dealkylation sites (tertiary alicyclic amines) is 1. The highest BCUT2D eigenvalue weighted by molar-refractivity contribution is 6.30. The molecule has 0 spiro atoms. The minimum atomic E-state index is 0.784. The molecule has 0 aromatic carbocycles. The van der Waals surface area contributed by atoms with E-state index >= 15 is 0 Å². The fourth-order valence-electron chi connectivity index (χ4n) is 1.98. The van der Waals surface area contributed by atoms with E-state index in [1.807, 2.05) is 12.3 Å². The molecule has 0 amide bonds. The zero-order valence-electron chi connectivity index (χ0n) is 8.93. The van der Waals surface area contributed by atoms with Gasteiger partial charge in [-0.2, -0.15) is 0 Å². The van der Waals surface area contributed by atoms with Crippen molar-refractivity contribution >= 4 is 11.6 Å². The Morgan fingerprint density at radius 3 is 2.87 bits per heavy atom. The van der Waals surface area contributed by atoms with Gasteiger partial charge in [-0.05, 0) is 32.0 Å². The highest BCUT2D eigenvalue weighted by Crippen LogP contribution is 2.09. The van der Waals surface area contributed by atoms with Gasteiger partial charge in [0.25, 0.3) is 0 Å². The number of aromatic nitrogens is 1. The molecule has 1 aromatic rings. The molecule has 84 valence electrons. The van der Waals surface area contributed by atoms with Gasteiger partial charge in [-0.25, -0.2) is 0 Å². The number of H-pyrrole nitrogens is 1. The van der Waals surface area contributed by atoms with Crippen molar-refractivity contribution in [2.75, 3.05) is 26.2 Å².